The predicted octanol–water partition coefficient (Wildman–Crippen LogP) is 4.19. The number of alkyl halides is 2. The number of carbonyl (C=O) groups excluding carboxylic acids is 1. The molecule has 3 aromatic rings. The second-order valence-corrected chi connectivity index (χ2v) is 9.47. The maximum atomic E-state index is 14.5. The minimum Gasteiger partial charge on any atom is -0.465 e. The molecule has 2 unspecified atom stereocenters. The Hall–Kier alpha value is -3.00. The van der Waals surface area contributed by atoms with Gasteiger partial charge < -0.3 is 23.9 Å². The third-order valence-electron chi connectivity index (χ3n) is 5.65. The average Bonchev–Trinajstić information content (AvgIpc) is 3.46. The molecule has 3 saturated heterocycles. The molecular formula is C20H17BrF2N4O6S. The molecule has 2 bridgehead atoms. The van der Waals surface area contributed by atoms with Gasteiger partial charge in [0, 0.05) is 24.7 Å². The van der Waals surface area contributed by atoms with Gasteiger partial charge in [-0.05, 0) is 35.3 Å². The largest absolute Gasteiger partial charge is 0.502 e. The molecule has 3 fully saturated rings. The van der Waals surface area contributed by atoms with E-state index < -0.39 is 23.9 Å². The Kier molecular flexibility index (Phi) is 5.59. The number of piperidine rings is 1. The summed E-state index contributed by atoms with van der Waals surface area (Å²) in [5, 5.41) is 11.7. The smallest absolute Gasteiger partial charge is 0.465 e. The zero-order valence-electron chi connectivity index (χ0n) is 17.5. The van der Waals surface area contributed by atoms with Gasteiger partial charge in [0.15, 0.2) is 16.8 Å². The quantitative estimate of drug-likeness (QED) is 0.444. The van der Waals surface area contributed by atoms with Crippen LogP contribution >= 0.6 is 27.3 Å². The molecule has 180 valence electrons. The molecule has 2 aromatic heterocycles. The van der Waals surface area contributed by atoms with Crippen LogP contribution in [0.5, 0.6) is 5.75 Å². The third kappa shape index (κ3) is 3.74. The van der Waals surface area contributed by atoms with Crippen molar-refractivity contribution in [3.63, 3.8) is 0 Å². The van der Waals surface area contributed by atoms with Crippen molar-refractivity contribution in [2.75, 3.05) is 24.6 Å². The summed E-state index contributed by atoms with van der Waals surface area (Å²) in [5.41, 5.74) is 0.613. The first-order valence-corrected chi connectivity index (χ1v) is 11.9. The van der Waals surface area contributed by atoms with Crippen molar-refractivity contribution in [2.45, 2.75) is 31.5 Å². The topological polar surface area (TPSA) is 118 Å². The molecule has 1 amide bonds. The highest BCUT2D eigenvalue weighted by Crippen LogP contribution is 2.45. The lowest BCUT2D eigenvalue weighted by atomic mass is 9.88. The summed E-state index contributed by atoms with van der Waals surface area (Å²) in [7, 11) is 0. The molecule has 3 aliphatic heterocycles. The fourth-order valence-electron chi connectivity index (χ4n) is 4.23. The fraction of sp³-hybridized carbons (Fsp3) is 0.400. The number of ether oxygens (including phenoxy) is 2. The summed E-state index contributed by atoms with van der Waals surface area (Å²) in [4.78, 5) is 35.0. The molecule has 3 aliphatic rings. The number of amides is 1. The van der Waals surface area contributed by atoms with Crippen LogP contribution in [0.15, 0.2) is 26.5 Å². The van der Waals surface area contributed by atoms with Crippen LogP contribution in [0.25, 0.3) is 21.7 Å². The van der Waals surface area contributed by atoms with Gasteiger partial charge in [-0.2, -0.15) is 13.8 Å². The molecule has 1 N–H and O–H groups in total. The lowest BCUT2D eigenvalue weighted by molar-refractivity contribution is -0.216. The molecule has 0 spiro atoms. The number of thiazole rings is 1. The number of fused-ring (bicyclic) bond motifs is 3. The maximum Gasteiger partial charge on any atom is 0.502 e. The number of carbonyl (C=O) groups is 2. The Balaban J connectivity index is 1.57. The van der Waals surface area contributed by atoms with Crippen LogP contribution in [0, 0.1) is 0 Å². The first kappa shape index (κ1) is 22.8. The summed E-state index contributed by atoms with van der Waals surface area (Å²) >= 11 is 4.56. The summed E-state index contributed by atoms with van der Waals surface area (Å²) in [6.07, 6.45) is -2.92. The van der Waals surface area contributed by atoms with E-state index in [9.17, 15) is 23.5 Å². The van der Waals surface area contributed by atoms with Crippen LogP contribution in [-0.2, 0) is 9.53 Å². The first-order valence-electron chi connectivity index (χ1n) is 10.2. The van der Waals surface area contributed by atoms with Crippen LogP contribution in [0.3, 0.4) is 0 Å². The molecule has 14 heteroatoms. The van der Waals surface area contributed by atoms with Gasteiger partial charge in [0.05, 0.1) is 28.7 Å². The van der Waals surface area contributed by atoms with Gasteiger partial charge in [0.1, 0.15) is 5.01 Å². The number of hydrogen-bond acceptors (Lipinski definition) is 9. The second-order valence-electron chi connectivity index (χ2n) is 7.72. The zero-order chi connectivity index (χ0) is 24.2. The van der Waals surface area contributed by atoms with Crippen molar-refractivity contribution >= 4 is 56.4 Å². The average molecular weight is 559 g/mol. The minimum absolute atomic E-state index is 0.0344. The van der Waals surface area contributed by atoms with E-state index in [1.165, 1.54) is 29.2 Å². The Bertz CT molecular complexity index is 1260. The van der Waals surface area contributed by atoms with E-state index >= 15 is 0 Å². The van der Waals surface area contributed by atoms with Crippen molar-refractivity contribution in [3.05, 3.63) is 22.1 Å². The lowest BCUT2D eigenvalue weighted by Crippen LogP contribution is -2.70. The van der Waals surface area contributed by atoms with Crippen molar-refractivity contribution < 1.29 is 37.4 Å². The number of anilines is 1. The Labute approximate surface area is 203 Å². The maximum absolute atomic E-state index is 14.5. The first-order chi connectivity index (χ1) is 16.2. The van der Waals surface area contributed by atoms with Crippen LogP contribution in [-0.4, -0.2) is 69.9 Å². The number of aromatic nitrogens is 2. The van der Waals surface area contributed by atoms with Crippen molar-refractivity contribution in [2.24, 2.45) is 0 Å². The van der Waals surface area contributed by atoms with E-state index in [0.717, 1.165) is 6.42 Å². The monoisotopic (exact) mass is 558 g/mol. The van der Waals surface area contributed by atoms with E-state index in [2.05, 4.69) is 30.6 Å². The van der Waals surface area contributed by atoms with Crippen LogP contribution in [0.4, 0.5) is 19.6 Å². The molecule has 6 rings (SSSR count). The number of hydrogen-bond donors (Lipinski definition) is 1. The SMILES string of the molecule is CCOC(=O)C(F)(F)Oc1c(Br)cc(-c2nccs2)c2oc(N3CC4CC(C3)N4C(=O)O)nc12. The minimum atomic E-state index is -4.26. The summed E-state index contributed by atoms with van der Waals surface area (Å²) in [6, 6.07) is 1.22. The summed E-state index contributed by atoms with van der Waals surface area (Å²) < 4.78 is 44.2. The Morgan fingerprint density at radius 2 is 2.12 bits per heavy atom. The molecule has 10 nitrogen and oxygen atoms in total. The lowest BCUT2D eigenvalue weighted by Gasteiger charge is -2.54. The standard InChI is InChI=1S/C20H17BrF2N4O6S/c1-2-31-17(28)20(22,23)33-15-12(21)6-11(16-24-3-4-34-16)14-13(15)25-18(32-14)26-7-9-5-10(8-26)27(9)19(29)30/h3-4,6,9-10H,2,5,7-8H2,1H3,(H,29,30). The highest BCUT2D eigenvalue weighted by molar-refractivity contribution is 9.10. The molecular weight excluding hydrogens is 542 g/mol. The molecule has 5 heterocycles. The highest BCUT2D eigenvalue weighted by Gasteiger charge is 2.49. The van der Waals surface area contributed by atoms with Gasteiger partial charge >= 0.3 is 18.2 Å². The van der Waals surface area contributed by atoms with E-state index in [4.69, 9.17) is 9.15 Å². The Morgan fingerprint density at radius 1 is 1.38 bits per heavy atom. The molecule has 1 aromatic carbocycles. The van der Waals surface area contributed by atoms with Gasteiger partial charge in [0.25, 0.3) is 6.01 Å². The predicted molar refractivity (Wildman–Crippen MR) is 119 cm³/mol. The van der Waals surface area contributed by atoms with Gasteiger partial charge in [-0.1, -0.05) is 0 Å². The van der Waals surface area contributed by atoms with Gasteiger partial charge in [-0.3, -0.25) is 4.90 Å². The van der Waals surface area contributed by atoms with Crippen LogP contribution < -0.4 is 9.64 Å². The van der Waals surface area contributed by atoms with E-state index in [-0.39, 0.29) is 40.3 Å². The van der Waals surface area contributed by atoms with Crippen LogP contribution in [0.2, 0.25) is 0 Å². The zero-order valence-corrected chi connectivity index (χ0v) is 19.9. The Morgan fingerprint density at radius 3 is 2.74 bits per heavy atom. The number of benzene rings is 1. The number of esters is 1. The summed E-state index contributed by atoms with van der Waals surface area (Å²) in [5.74, 6) is -2.22. The van der Waals surface area contributed by atoms with Crippen molar-refractivity contribution in [1.29, 1.82) is 0 Å². The molecule has 0 aliphatic carbocycles. The van der Waals surface area contributed by atoms with Crippen LogP contribution in [0.1, 0.15) is 13.3 Å². The number of halogens is 3. The van der Waals surface area contributed by atoms with E-state index in [0.29, 0.717) is 23.7 Å². The highest BCUT2D eigenvalue weighted by atomic mass is 79.9. The van der Waals surface area contributed by atoms with Crippen molar-refractivity contribution in [1.82, 2.24) is 14.9 Å². The third-order valence-corrected chi connectivity index (χ3v) is 7.05. The fourth-order valence-corrected chi connectivity index (χ4v) is 5.38. The molecule has 34 heavy (non-hydrogen) atoms. The summed E-state index contributed by atoms with van der Waals surface area (Å²) in [6.45, 7) is 1.86. The second kappa shape index (κ2) is 8.34. The number of piperazine rings is 1. The van der Waals surface area contributed by atoms with E-state index in [1.807, 2.05) is 0 Å². The normalized spacial score (nSPS) is 19.8. The molecule has 0 saturated carbocycles. The van der Waals surface area contributed by atoms with Gasteiger partial charge in [-0.15, -0.1) is 11.3 Å². The number of carboxylic acid groups (broad SMARTS) is 1. The number of rotatable bonds is 6. The number of nitrogens with zero attached hydrogens (tertiary/aromatic N) is 4. The number of oxazole rings is 1. The van der Waals surface area contributed by atoms with Crippen molar-refractivity contribution in [3.8, 4) is 16.3 Å². The van der Waals surface area contributed by atoms with E-state index in [1.54, 1.807) is 16.5 Å². The molecule has 0 radical (unpaired) electrons. The van der Waals surface area contributed by atoms with Gasteiger partial charge in [-0.25, -0.2) is 14.6 Å². The molecule has 2 atom stereocenters. The van der Waals surface area contributed by atoms with Gasteiger partial charge in [0.2, 0.25) is 0 Å².